The molecule has 1 nitrogen and oxygen atoms in total. The highest BCUT2D eigenvalue weighted by molar-refractivity contribution is 9.09. The molecular weight excluding hydrogens is 312 g/mol. The first kappa shape index (κ1) is 18.5. The van der Waals surface area contributed by atoms with E-state index in [0.717, 1.165) is 11.9 Å². The smallest absolute Gasteiger partial charge is 0.0612 e. The fourth-order valence-electron chi connectivity index (χ4n) is 3.35. The Kier molecular flexibility index (Phi) is 10.2. The third-order valence-corrected chi connectivity index (χ3v) is 6.24. The minimum absolute atomic E-state index is 0.431. The Morgan fingerprint density at radius 3 is 1.95 bits per heavy atom. The summed E-state index contributed by atoms with van der Waals surface area (Å²) in [4.78, 5) is 0. The van der Waals surface area contributed by atoms with Gasteiger partial charge in [0.05, 0.1) is 6.10 Å². The molecular formula is C18H35BrO. The quantitative estimate of drug-likeness (QED) is 0.290. The molecule has 1 aliphatic rings. The zero-order chi connectivity index (χ0) is 14.7. The molecule has 1 rings (SSSR count). The molecule has 2 unspecified atom stereocenters. The molecule has 120 valence electrons. The topological polar surface area (TPSA) is 9.23 Å². The minimum Gasteiger partial charge on any atom is -0.378 e. The first-order valence-corrected chi connectivity index (χ1v) is 10.0. The first-order chi connectivity index (χ1) is 9.75. The van der Waals surface area contributed by atoms with Gasteiger partial charge in [0.2, 0.25) is 0 Å². The maximum absolute atomic E-state index is 5.77. The lowest BCUT2D eigenvalue weighted by molar-refractivity contribution is 0.0694. The van der Waals surface area contributed by atoms with Gasteiger partial charge in [-0.05, 0) is 19.8 Å². The van der Waals surface area contributed by atoms with E-state index in [4.69, 9.17) is 4.74 Å². The lowest BCUT2D eigenvalue weighted by Gasteiger charge is -2.30. The van der Waals surface area contributed by atoms with Crippen LogP contribution in [0.3, 0.4) is 0 Å². The van der Waals surface area contributed by atoms with Gasteiger partial charge in [-0.1, -0.05) is 87.1 Å². The maximum Gasteiger partial charge on any atom is 0.0612 e. The van der Waals surface area contributed by atoms with Crippen LogP contribution in [0, 0.1) is 5.41 Å². The van der Waals surface area contributed by atoms with Gasteiger partial charge in [-0.3, -0.25) is 0 Å². The predicted molar refractivity (Wildman–Crippen MR) is 92.7 cm³/mol. The highest BCUT2D eigenvalue weighted by Crippen LogP contribution is 2.41. The molecule has 1 saturated heterocycles. The standard InChI is InChI=1S/C18H35BrO/c1-3-4-5-6-7-8-9-10-11-12-13-18(16-19)14-15-20-17(18)2/h17H,3-16H2,1-2H3. The third kappa shape index (κ3) is 6.47. The molecule has 0 bridgehead atoms. The van der Waals surface area contributed by atoms with Gasteiger partial charge in [-0.15, -0.1) is 0 Å². The Morgan fingerprint density at radius 2 is 1.50 bits per heavy atom. The fourth-order valence-corrected chi connectivity index (χ4v) is 4.37. The maximum atomic E-state index is 5.77. The van der Waals surface area contributed by atoms with E-state index in [1.807, 2.05) is 0 Å². The van der Waals surface area contributed by atoms with Crippen LogP contribution < -0.4 is 0 Å². The molecule has 0 aromatic heterocycles. The number of ether oxygens (including phenoxy) is 1. The van der Waals surface area contributed by atoms with Crippen LogP contribution in [0.25, 0.3) is 0 Å². The van der Waals surface area contributed by atoms with Crippen LogP contribution in [-0.2, 0) is 4.74 Å². The molecule has 0 spiro atoms. The Hall–Kier alpha value is 0.440. The average Bonchev–Trinajstić information content (AvgIpc) is 2.82. The van der Waals surface area contributed by atoms with Gasteiger partial charge in [0.1, 0.15) is 0 Å². The minimum atomic E-state index is 0.431. The van der Waals surface area contributed by atoms with Gasteiger partial charge >= 0.3 is 0 Å². The zero-order valence-electron chi connectivity index (χ0n) is 13.8. The molecule has 0 amide bonds. The summed E-state index contributed by atoms with van der Waals surface area (Å²) in [5, 5.41) is 1.11. The summed E-state index contributed by atoms with van der Waals surface area (Å²) in [6, 6.07) is 0. The second kappa shape index (κ2) is 11.1. The zero-order valence-corrected chi connectivity index (χ0v) is 15.3. The van der Waals surface area contributed by atoms with Gasteiger partial charge in [0, 0.05) is 17.4 Å². The van der Waals surface area contributed by atoms with Crippen molar-refractivity contribution in [2.24, 2.45) is 5.41 Å². The van der Waals surface area contributed by atoms with E-state index in [0.29, 0.717) is 11.5 Å². The number of hydrogen-bond acceptors (Lipinski definition) is 1. The van der Waals surface area contributed by atoms with E-state index >= 15 is 0 Å². The van der Waals surface area contributed by atoms with Gasteiger partial charge in [-0.2, -0.15) is 0 Å². The number of halogens is 1. The highest BCUT2D eigenvalue weighted by Gasteiger charge is 2.39. The SMILES string of the molecule is CCCCCCCCCCCCC1(CBr)CCOC1C. The summed E-state index contributed by atoms with van der Waals surface area (Å²) in [6.07, 6.45) is 17.3. The Labute approximate surface area is 135 Å². The van der Waals surface area contributed by atoms with Crippen molar-refractivity contribution in [2.45, 2.75) is 97.0 Å². The Bertz CT molecular complexity index is 231. The molecule has 0 aliphatic carbocycles. The monoisotopic (exact) mass is 346 g/mol. The largest absolute Gasteiger partial charge is 0.378 e. The van der Waals surface area contributed by atoms with Crippen molar-refractivity contribution in [3.05, 3.63) is 0 Å². The number of rotatable bonds is 12. The Balaban J connectivity index is 1.94. The van der Waals surface area contributed by atoms with E-state index < -0.39 is 0 Å². The van der Waals surface area contributed by atoms with Crippen molar-refractivity contribution >= 4 is 15.9 Å². The second-order valence-electron chi connectivity index (χ2n) is 6.69. The van der Waals surface area contributed by atoms with Crippen molar-refractivity contribution in [2.75, 3.05) is 11.9 Å². The van der Waals surface area contributed by atoms with Crippen molar-refractivity contribution < 1.29 is 4.74 Å². The molecule has 0 saturated carbocycles. The van der Waals surface area contributed by atoms with Gasteiger partial charge in [-0.25, -0.2) is 0 Å². The molecule has 2 heteroatoms. The van der Waals surface area contributed by atoms with Crippen molar-refractivity contribution in [1.29, 1.82) is 0 Å². The molecule has 1 heterocycles. The number of hydrogen-bond donors (Lipinski definition) is 0. The molecule has 0 aromatic carbocycles. The summed E-state index contributed by atoms with van der Waals surface area (Å²) in [5.41, 5.74) is 0.431. The highest BCUT2D eigenvalue weighted by atomic mass is 79.9. The van der Waals surface area contributed by atoms with Crippen LogP contribution in [-0.4, -0.2) is 18.0 Å². The summed E-state index contributed by atoms with van der Waals surface area (Å²) >= 11 is 3.72. The molecule has 1 aliphatic heterocycles. The summed E-state index contributed by atoms with van der Waals surface area (Å²) in [7, 11) is 0. The van der Waals surface area contributed by atoms with Gasteiger partial charge in [0.15, 0.2) is 0 Å². The third-order valence-electron chi connectivity index (χ3n) is 5.12. The van der Waals surface area contributed by atoms with Crippen LogP contribution in [0.4, 0.5) is 0 Å². The van der Waals surface area contributed by atoms with Gasteiger partial charge in [0.25, 0.3) is 0 Å². The normalized spacial score (nSPS) is 26.2. The summed E-state index contributed by atoms with van der Waals surface area (Å²) in [5.74, 6) is 0. The second-order valence-corrected chi connectivity index (χ2v) is 7.25. The first-order valence-electron chi connectivity index (χ1n) is 8.93. The van der Waals surface area contributed by atoms with Crippen molar-refractivity contribution in [3.8, 4) is 0 Å². The van der Waals surface area contributed by atoms with Crippen LogP contribution >= 0.6 is 15.9 Å². The average molecular weight is 347 g/mol. The molecule has 20 heavy (non-hydrogen) atoms. The van der Waals surface area contributed by atoms with Crippen LogP contribution in [0.2, 0.25) is 0 Å². The number of unbranched alkanes of at least 4 members (excludes halogenated alkanes) is 9. The summed E-state index contributed by atoms with van der Waals surface area (Å²) in [6.45, 7) is 5.51. The summed E-state index contributed by atoms with van der Waals surface area (Å²) < 4.78 is 5.77. The van der Waals surface area contributed by atoms with E-state index in [-0.39, 0.29) is 0 Å². The van der Waals surface area contributed by atoms with Crippen molar-refractivity contribution in [1.82, 2.24) is 0 Å². The molecule has 0 radical (unpaired) electrons. The van der Waals surface area contributed by atoms with Crippen LogP contribution in [0.15, 0.2) is 0 Å². The van der Waals surface area contributed by atoms with E-state index in [1.54, 1.807) is 0 Å². The van der Waals surface area contributed by atoms with Crippen LogP contribution in [0.1, 0.15) is 90.9 Å². The van der Waals surface area contributed by atoms with Gasteiger partial charge < -0.3 is 4.74 Å². The fraction of sp³-hybridized carbons (Fsp3) is 1.00. The Morgan fingerprint density at radius 1 is 0.950 bits per heavy atom. The molecule has 1 fully saturated rings. The molecule has 0 aromatic rings. The molecule has 2 atom stereocenters. The molecule has 0 N–H and O–H groups in total. The van der Waals surface area contributed by atoms with E-state index in [1.165, 1.54) is 77.0 Å². The van der Waals surface area contributed by atoms with E-state index in [2.05, 4.69) is 29.8 Å². The van der Waals surface area contributed by atoms with E-state index in [9.17, 15) is 0 Å². The van der Waals surface area contributed by atoms with Crippen LogP contribution in [0.5, 0.6) is 0 Å². The lowest BCUT2D eigenvalue weighted by Crippen LogP contribution is -2.30. The predicted octanol–water partition coefficient (Wildman–Crippen LogP) is 6.49. The number of alkyl halides is 1. The van der Waals surface area contributed by atoms with Crippen molar-refractivity contribution in [3.63, 3.8) is 0 Å². The lowest BCUT2D eigenvalue weighted by atomic mass is 9.79.